The van der Waals surface area contributed by atoms with Crippen LogP contribution in [0.1, 0.15) is 38.2 Å². The Morgan fingerprint density at radius 1 is 1.22 bits per heavy atom. The van der Waals surface area contributed by atoms with Crippen molar-refractivity contribution in [1.82, 2.24) is 0 Å². The molecule has 1 unspecified atom stereocenters. The first kappa shape index (κ1) is 17.7. The van der Waals surface area contributed by atoms with Crippen molar-refractivity contribution in [2.75, 3.05) is 12.4 Å². The third-order valence-electron chi connectivity index (χ3n) is 3.86. The summed E-state index contributed by atoms with van der Waals surface area (Å²) in [7, 11) is -4.52. The van der Waals surface area contributed by atoms with Gasteiger partial charge in [0, 0.05) is 6.21 Å². The minimum absolute atomic E-state index is 0.0789. The van der Waals surface area contributed by atoms with Gasteiger partial charge in [0.1, 0.15) is 11.3 Å². The second-order valence-corrected chi connectivity index (χ2v) is 7.12. The van der Waals surface area contributed by atoms with E-state index in [-0.39, 0.29) is 6.42 Å². The van der Waals surface area contributed by atoms with Crippen LogP contribution in [0.5, 0.6) is 5.75 Å². The Kier molecular flexibility index (Phi) is 5.93. The topological polar surface area (TPSA) is 55.7 Å². The number of allylic oxidation sites excluding steroid dienone is 1. The molecule has 0 saturated heterocycles. The molecule has 0 fully saturated rings. The predicted octanol–water partition coefficient (Wildman–Crippen LogP) is 3.78. The molecule has 0 aliphatic carbocycles. The zero-order valence-corrected chi connectivity index (χ0v) is 14.1. The van der Waals surface area contributed by atoms with Gasteiger partial charge in [-0.25, -0.2) is 0 Å². The number of halogens is 1. The van der Waals surface area contributed by atoms with Gasteiger partial charge in [-0.15, -0.1) is 3.89 Å². The molecule has 0 spiro atoms. The van der Waals surface area contributed by atoms with Crippen molar-refractivity contribution >= 4 is 16.4 Å². The molecule has 0 aromatic heterocycles. The Labute approximate surface area is 137 Å². The van der Waals surface area contributed by atoms with Crippen LogP contribution in [-0.2, 0) is 15.8 Å². The van der Waals surface area contributed by atoms with Gasteiger partial charge in [-0.05, 0) is 36.6 Å². The first-order valence-electron chi connectivity index (χ1n) is 7.84. The Morgan fingerprint density at radius 3 is 2.52 bits per heavy atom. The molecule has 0 bridgehead atoms. The Hall–Kier alpha value is -1.69. The zero-order valence-electron chi connectivity index (χ0n) is 13.2. The summed E-state index contributed by atoms with van der Waals surface area (Å²) in [6.07, 6.45) is 8.54. The SMILES string of the molecule is CCCCCOc1ccc(C2(CCS(=O)(=O)F)C=CC=N2)cc1. The lowest BCUT2D eigenvalue weighted by molar-refractivity contribution is 0.306. The highest BCUT2D eigenvalue weighted by Gasteiger charge is 2.32. The van der Waals surface area contributed by atoms with Crippen LogP contribution in [-0.4, -0.2) is 27.0 Å². The standard InChI is InChI=1S/C17H22FNO3S/c1-2-3-4-13-22-16-8-6-15(7-9-16)17(10-5-12-19-17)11-14-23(18,20)21/h5-10,12H,2-4,11,13-14H2,1H3. The molecule has 23 heavy (non-hydrogen) atoms. The molecule has 2 rings (SSSR count). The second kappa shape index (κ2) is 7.73. The number of aliphatic imine (C=N–C) groups is 1. The van der Waals surface area contributed by atoms with Crippen LogP contribution < -0.4 is 4.74 Å². The summed E-state index contributed by atoms with van der Waals surface area (Å²) in [6.45, 7) is 2.82. The van der Waals surface area contributed by atoms with E-state index in [9.17, 15) is 12.3 Å². The zero-order chi connectivity index (χ0) is 16.8. The summed E-state index contributed by atoms with van der Waals surface area (Å²) in [4.78, 5) is 4.35. The Morgan fingerprint density at radius 2 is 1.96 bits per heavy atom. The van der Waals surface area contributed by atoms with Crippen molar-refractivity contribution in [2.45, 2.75) is 38.1 Å². The van der Waals surface area contributed by atoms with Crippen LogP contribution in [0.25, 0.3) is 0 Å². The van der Waals surface area contributed by atoms with Gasteiger partial charge in [0.2, 0.25) is 0 Å². The number of ether oxygens (including phenoxy) is 1. The second-order valence-electron chi connectivity index (χ2n) is 5.63. The van der Waals surface area contributed by atoms with Crippen molar-refractivity contribution in [3.8, 4) is 5.75 Å². The molecule has 0 N–H and O–H groups in total. The lowest BCUT2D eigenvalue weighted by Crippen LogP contribution is -2.22. The Balaban J connectivity index is 2.06. The van der Waals surface area contributed by atoms with Crippen molar-refractivity contribution in [1.29, 1.82) is 0 Å². The van der Waals surface area contributed by atoms with Crippen molar-refractivity contribution < 1.29 is 17.0 Å². The van der Waals surface area contributed by atoms with Crippen LogP contribution in [0.15, 0.2) is 41.4 Å². The summed E-state index contributed by atoms with van der Waals surface area (Å²) >= 11 is 0. The molecular weight excluding hydrogens is 317 g/mol. The summed E-state index contributed by atoms with van der Waals surface area (Å²) in [6, 6.07) is 7.39. The molecule has 1 heterocycles. The molecule has 1 aromatic rings. The third kappa shape index (κ3) is 5.16. The molecular formula is C17H22FNO3S. The van der Waals surface area contributed by atoms with Crippen molar-refractivity contribution in [2.24, 2.45) is 4.99 Å². The fourth-order valence-corrected chi connectivity index (χ4v) is 3.10. The number of nitrogens with zero attached hydrogens (tertiary/aromatic N) is 1. The van der Waals surface area contributed by atoms with Crippen LogP contribution >= 0.6 is 0 Å². The van der Waals surface area contributed by atoms with Crippen LogP contribution in [0, 0.1) is 0 Å². The molecule has 0 amide bonds. The first-order valence-corrected chi connectivity index (χ1v) is 9.39. The van der Waals surface area contributed by atoms with E-state index in [0.717, 1.165) is 30.6 Å². The normalized spacial score (nSPS) is 20.1. The van der Waals surface area contributed by atoms with E-state index in [1.807, 2.05) is 24.3 Å². The summed E-state index contributed by atoms with van der Waals surface area (Å²) in [5.41, 5.74) is 0.0203. The molecule has 126 valence electrons. The van der Waals surface area contributed by atoms with Gasteiger partial charge in [0.15, 0.2) is 0 Å². The van der Waals surface area contributed by atoms with E-state index in [0.29, 0.717) is 6.61 Å². The highest BCUT2D eigenvalue weighted by atomic mass is 32.3. The van der Waals surface area contributed by atoms with Gasteiger partial charge in [0.25, 0.3) is 0 Å². The molecule has 1 aliphatic rings. The highest BCUT2D eigenvalue weighted by Crippen LogP contribution is 2.35. The monoisotopic (exact) mass is 339 g/mol. The van der Waals surface area contributed by atoms with Crippen molar-refractivity contribution in [3.63, 3.8) is 0 Å². The predicted molar refractivity (Wildman–Crippen MR) is 90.3 cm³/mol. The largest absolute Gasteiger partial charge is 0.494 e. The molecule has 6 heteroatoms. The lowest BCUT2D eigenvalue weighted by atomic mass is 9.88. The van der Waals surface area contributed by atoms with E-state index in [2.05, 4.69) is 11.9 Å². The number of hydrogen-bond donors (Lipinski definition) is 0. The van der Waals surface area contributed by atoms with Crippen LogP contribution in [0.3, 0.4) is 0 Å². The van der Waals surface area contributed by atoms with E-state index < -0.39 is 21.5 Å². The Bertz CT molecular complexity index is 654. The molecule has 0 saturated carbocycles. The quantitative estimate of drug-likeness (QED) is 0.508. The van der Waals surface area contributed by atoms with Gasteiger partial charge in [0.05, 0.1) is 12.4 Å². The van der Waals surface area contributed by atoms with Gasteiger partial charge in [-0.1, -0.05) is 38.0 Å². The smallest absolute Gasteiger partial charge is 0.302 e. The summed E-state index contributed by atoms with van der Waals surface area (Å²) in [5.74, 6) is 0.216. The molecule has 1 atom stereocenters. The fraction of sp³-hybridized carbons (Fsp3) is 0.471. The average molecular weight is 339 g/mol. The summed E-state index contributed by atoms with van der Waals surface area (Å²) in [5, 5.41) is 0. The minimum atomic E-state index is -4.52. The van der Waals surface area contributed by atoms with E-state index >= 15 is 0 Å². The highest BCUT2D eigenvalue weighted by molar-refractivity contribution is 7.86. The number of hydrogen-bond acceptors (Lipinski definition) is 4. The van der Waals surface area contributed by atoms with Gasteiger partial charge < -0.3 is 4.74 Å². The molecule has 1 aromatic carbocycles. The maximum Gasteiger partial charge on any atom is 0.302 e. The number of benzene rings is 1. The first-order chi connectivity index (χ1) is 11.0. The molecule has 0 radical (unpaired) electrons. The maximum absolute atomic E-state index is 12.9. The number of rotatable bonds is 9. The van der Waals surface area contributed by atoms with Gasteiger partial charge >= 0.3 is 10.2 Å². The maximum atomic E-state index is 12.9. The third-order valence-corrected chi connectivity index (χ3v) is 4.55. The average Bonchev–Trinajstić information content (AvgIpc) is 3.00. The van der Waals surface area contributed by atoms with E-state index in [1.54, 1.807) is 18.4 Å². The minimum Gasteiger partial charge on any atom is -0.494 e. The summed E-state index contributed by atoms with van der Waals surface area (Å²) < 4.78 is 40.2. The van der Waals surface area contributed by atoms with Gasteiger partial charge in [-0.3, -0.25) is 4.99 Å². The van der Waals surface area contributed by atoms with Gasteiger partial charge in [-0.2, -0.15) is 8.42 Å². The molecule has 4 nitrogen and oxygen atoms in total. The fourth-order valence-electron chi connectivity index (χ4n) is 2.54. The van der Waals surface area contributed by atoms with Crippen LogP contribution in [0.2, 0.25) is 0 Å². The van der Waals surface area contributed by atoms with Crippen LogP contribution in [0.4, 0.5) is 3.89 Å². The van der Waals surface area contributed by atoms with Crippen molar-refractivity contribution in [3.05, 3.63) is 42.0 Å². The number of unbranched alkanes of at least 4 members (excludes halogenated alkanes) is 2. The van der Waals surface area contributed by atoms with E-state index in [4.69, 9.17) is 4.74 Å². The lowest BCUT2D eigenvalue weighted by Gasteiger charge is -2.24. The van der Waals surface area contributed by atoms with E-state index in [1.165, 1.54) is 0 Å². The molecule has 1 aliphatic heterocycles.